The molecule has 2 N–H and O–H groups in total. The number of hydrogen-bond acceptors (Lipinski definition) is 3. The molecule has 0 amide bonds. The number of rotatable bonds is 6. The summed E-state index contributed by atoms with van der Waals surface area (Å²) < 4.78 is 27.5. The lowest BCUT2D eigenvalue weighted by Gasteiger charge is -2.21. The smallest absolute Gasteiger partial charge is 0.240 e. The van der Waals surface area contributed by atoms with E-state index in [0.29, 0.717) is 0 Å². The summed E-state index contributed by atoms with van der Waals surface area (Å²) in [4.78, 5) is 0.201. The van der Waals surface area contributed by atoms with Gasteiger partial charge in [-0.05, 0) is 30.2 Å². The molecule has 1 aromatic rings. The minimum absolute atomic E-state index is 0.0835. The summed E-state index contributed by atoms with van der Waals surface area (Å²) in [6.07, 6.45) is 0.800. The van der Waals surface area contributed by atoms with Crippen molar-refractivity contribution in [3.05, 3.63) is 28.7 Å². The zero-order valence-electron chi connectivity index (χ0n) is 10.4. The first-order chi connectivity index (χ1) is 8.40. The SMILES string of the molecule is CC[C@H](C)C(CO)NS(=O)(=O)c1ccc(Br)cc1. The molecule has 6 heteroatoms. The van der Waals surface area contributed by atoms with Crippen molar-refractivity contribution in [1.82, 2.24) is 4.72 Å². The molecule has 0 saturated carbocycles. The normalized spacial score (nSPS) is 15.3. The standard InChI is InChI=1S/C12H18BrNO3S/c1-3-9(2)12(8-15)14-18(16,17)11-6-4-10(13)5-7-11/h4-7,9,12,14-15H,3,8H2,1-2H3/t9-,12?/m0/s1. The molecule has 1 rings (SSSR count). The molecule has 0 spiro atoms. The minimum atomic E-state index is -3.57. The Morgan fingerprint density at radius 3 is 2.33 bits per heavy atom. The highest BCUT2D eigenvalue weighted by Crippen LogP contribution is 2.16. The van der Waals surface area contributed by atoms with Gasteiger partial charge in [0.1, 0.15) is 0 Å². The number of benzene rings is 1. The van der Waals surface area contributed by atoms with Crippen LogP contribution < -0.4 is 4.72 Å². The van der Waals surface area contributed by atoms with Crippen LogP contribution in [0.5, 0.6) is 0 Å². The Kier molecular flexibility index (Phi) is 5.78. The fourth-order valence-electron chi connectivity index (χ4n) is 1.50. The van der Waals surface area contributed by atoms with Gasteiger partial charge in [-0.25, -0.2) is 13.1 Å². The van der Waals surface area contributed by atoms with Crippen molar-refractivity contribution in [1.29, 1.82) is 0 Å². The molecular weight excluding hydrogens is 318 g/mol. The van der Waals surface area contributed by atoms with Crippen LogP contribution in [0.25, 0.3) is 0 Å². The fraction of sp³-hybridized carbons (Fsp3) is 0.500. The summed E-state index contributed by atoms with van der Waals surface area (Å²) >= 11 is 3.26. The maximum Gasteiger partial charge on any atom is 0.240 e. The van der Waals surface area contributed by atoms with Gasteiger partial charge in [0.15, 0.2) is 0 Å². The van der Waals surface area contributed by atoms with E-state index in [1.807, 2.05) is 13.8 Å². The van der Waals surface area contributed by atoms with Crippen LogP contribution >= 0.6 is 15.9 Å². The monoisotopic (exact) mass is 335 g/mol. The zero-order valence-corrected chi connectivity index (χ0v) is 12.8. The molecular formula is C12H18BrNO3S. The second-order valence-electron chi connectivity index (χ2n) is 4.25. The van der Waals surface area contributed by atoms with E-state index >= 15 is 0 Å². The van der Waals surface area contributed by atoms with Crippen molar-refractivity contribution in [3.8, 4) is 0 Å². The third-order valence-corrected chi connectivity index (χ3v) is 4.99. The molecule has 0 aliphatic carbocycles. The summed E-state index contributed by atoms with van der Waals surface area (Å²) in [5.74, 6) is 0.0835. The van der Waals surface area contributed by atoms with E-state index < -0.39 is 16.1 Å². The molecule has 0 radical (unpaired) electrons. The lowest BCUT2D eigenvalue weighted by atomic mass is 10.0. The Labute approximate surface area is 117 Å². The lowest BCUT2D eigenvalue weighted by molar-refractivity contribution is 0.219. The van der Waals surface area contributed by atoms with Crippen LogP contribution in [0.2, 0.25) is 0 Å². The van der Waals surface area contributed by atoms with E-state index in [1.165, 1.54) is 12.1 Å². The molecule has 2 atom stereocenters. The molecule has 102 valence electrons. The lowest BCUT2D eigenvalue weighted by Crippen LogP contribution is -2.41. The molecule has 0 bridgehead atoms. The van der Waals surface area contributed by atoms with Crippen LogP contribution in [0.3, 0.4) is 0 Å². The van der Waals surface area contributed by atoms with Crippen molar-refractivity contribution >= 4 is 26.0 Å². The Balaban J connectivity index is 2.90. The number of aliphatic hydroxyl groups is 1. The molecule has 18 heavy (non-hydrogen) atoms. The molecule has 0 heterocycles. The van der Waals surface area contributed by atoms with Gasteiger partial charge >= 0.3 is 0 Å². The first-order valence-electron chi connectivity index (χ1n) is 5.79. The van der Waals surface area contributed by atoms with Gasteiger partial charge in [-0.3, -0.25) is 0 Å². The molecule has 0 aliphatic heterocycles. The van der Waals surface area contributed by atoms with Crippen LogP contribution in [0.4, 0.5) is 0 Å². The number of aliphatic hydroxyl groups excluding tert-OH is 1. The summed E-state index contributed by atoms with van der Waals surface area (Å²) in [7, 11) is -3.57. The Morgan fingerprint density at radius 2 is 1.89 bits per heavy atom. The van der Waals surface area contributed by atoms with E-state index in [-0.39, 0.29) is 17.4 Å². The summed E-state index contributed by atoms with van der Waals surface area (Å²) in [6, 6.07) is 5.94. The number of hydrogen-bond donors (Lipinski definition) is 2. The van der Waals surface area contributed by atoms with E-state index in [0.717, 1.165) is 10.9 Å². The second-order valence-corrected chi connectivity index (χ2v) is 6.88. The maximum absolute atomic E-state index is 12.1. The van der Waals surface area contributed by atoms with Gasteiger partial charge < -0.3 is 5.11 Å². The highest BCUT2D eigenvalue weighted by molar-refractivity contribution is 9.10. The van der Waals surface area contributed by atoms with E-state index in [2.05, 4.69) is 20.7 Å². The van der Waals surface area contributed by atoms with Crippen LogP contribution in [0.1, 0.15) is 20.3 Å². The number of nitrogens with one attached hydrogen (secondary N) is 1. The van der Waals surface area contributed by atoms with Gasteiger partial charge in [0.25, 0.3) is 0 Å². The minimum Gasteiger partial charge on any atom is -0.395 e. The highest BCUT2D eigenvalue weighted by atomic mass is 79.9. The maximum atomic E-state index is 12.1. The Hall–Kier alpha value is -0.430. The highest BCUT2D eigenvalue weighted by Gasteiger charge is 2.22. The molecule has 0 fully saturated rings. The predicted octanol–water partition coefficient (Wildman–Crippen LogP) is 2.13. The second kappa shape index (κ2) is 6.65. The van der Waals surface area contributed by atoms with Crippen LogP contribution in [-0.4, -0.2) is 26.2 Å². The zero-order chi connectivity index (χ0) is 13.8. The van der Waals surface area contributed by atoms with Gasteiger partial charge in [-0.2, -0.15) is 0 Å². The topological polar surface area (TPSA) is 66.4 Å². The molecule has 1 unspecified atom stereocenters. The van der Waals surface area contributed by atoms with E-state index in [4.69, 9.17) is 0 Å². The molecule has 0 aliphatic rings. The van der Waals surface area contributed by atoms with Crippen LogP contribution in [0.15, 0.2) is 33.6 Å². The Bertz CT molecular complexity index is 473. The summed E-state index contributed by atoms with van der Waals surface area (Å²) in [5, 5.41) is 9.25. The number of sulfonamides is 1. The summed E-state index contributed by atoms with van der Waals surface area (Å²) in [5.41, 5.74) is 0. The third-order valence-electron chi connectivity index (χ3n) is 2.96. The van der Waals surface area contributed by atoms with Gasteiger partial charge in [0.2, 0.25) is 10.0 Å². The molecule has 0 aromatic heterocycles. The van der Waals surface area contributed by atoms with Crippen molar-refractivity contribution in [2.24, 2.45) is 5.92 Å². The van der Waals surface area contributed by atoms with Crippen molar-refractivity contribution in [2.75, 3.05) is 6.61 Å². The molecule has 1 aromatic carbocycles. The average Bonchev–Trinajstić information content (AvgIpc) is 2.35. The quantitative estimate of drug-likeness (QED) is 0.836. The largest absolute Gasteiger partial charge is 0.395 e. The third kappa shape index (κ3) is 4.05. The first-order valence-corrected chi connectivity index (χ1v) is 8.07. The molecule has 0 saturated heterocycles. The summed E-state index contributed by atoms with van der Waals surface area (Å²) in [6.45, 7) is 3.66. The van der Waals surface area contributed by atoms with E-state index in [9.17, 15) is 13.5 Å². The first kappa shape index (κ1) is 15.6. The average molecular weight is 336 g/mol. The van der Waals surface area contributed by atoms with Crippen LogP contribution in [-0.2, 0) is 10.0 Å². The van der Waals surface area contributed by atoms with Gasteiger partial charge in [-0.1, -0.05) is 36.2 Å². The van der Waals surface area contributed by atoms with Crippen LogP contribution in [0, 0.1) is 5.92 Å². The predicted molar refractivity (Wildman–Crippen MR) is 74.8 cm³/mol. The van der Waals surface area contributed by atoms with Crippen molar-refractivity contribution in [3.63, 3.8) is 0 Å². The van der Waals surface area contributed by atoms with E-state index in [1.54, 1.807) is 12.1 Å². The van der Waals surface area contributed by atoms with Crippen molar-refractivity contribution < 1.29 is 13.5 Å². The van der Waals surface area contributed by atoms with Crippen molar-refractivity contribution in [2.45, 2.75) is 31.2 Å². The molecule has 4 nitrogen and oxygen atoms in total. The van der Waals surface area contributed by atoms with Gasteiger partial charge in [-0.15, -0.1) is 0 Å². The fourth-order valence-corrected chi connectivity index (χ4v) is 3.10. The Morgan fingerprint density at radius 1 is 1.33 bits per heavy atom. The number of halogens is 1. The van der Waals surface area contributed by atoms with Gasteiger partial charge in [0, 0.05) is 10.5 Å². The van der Waals surface area contributed by atoms with Gasteiger partial charge in [0.05, 0.1) is 11.5 Å².